The summed E-state index contributed by atoms with van der Waals surface area (Å²) < 4.78 is 35.3. The van der Waals surface area contributed by atoms with Gasteiger partial charge in [0.2, 0.25) is 0 Å². The standard InChI is InChI=1S/C7H9NO5S/c1-2-8(9)3-6-4-13-5-7(6)14(10,11)12/h3-5H,2H2,1H3,(H,10,11,12). The SMILES string of the molecule is CC[N+]([O-])=Cc1cocc1S(=O)(=O)O. The van der Waals surface area contributed by atoms with Crippen LogP contribution < -0.4 is 0 Å². The molecule has 78 valence electrons. The van der Waals surface area contributed by atoms with Crippen LogP contribution in [0.5, 0.6) is 0 Å². The number of hydrogen-bond donors (Lipinski definition) is 1. The lowest BCUT2D eigenvalue weighted by Crippen LogP contribution is -2.07. The molecule has 14 heavy (non-hydrogen) atoms. The molecule has 7 heteroatoms. The van der Waals surface area contributed by atoms with Crippen molar-refractivity contribution in [2.75, 3.05) is 6.54 Å². The largest absolute Gasteiger partial charge is 0.624 e. The topological polar surface area (TPSA) is 93.6 Å². The highest BCUT2D eigenvalue weighted by molar-refractivity contribution is 7.86. The van der Waals surface area contributed by atoms with E-state index < -0.39 is 15.0 Å². The Bertz CT molecular complexity index is 444. The Kier molecular flexibility index (Phi) is 2.92. The van der Waals surface area contributed by atoms with Gasteiger partial charge in [-0.05, 0) is 6.92 Å². The monoisotopic (exact) mass is 219 g/mol. The van der Waals surface area contributed by atoms with Gasteiger partial charge in [0.05, 0.1) is 5.56 Å². The van der Waals surface area contributed by atoms with Crippen molar-refractivity contribution in [1.82, 2.24) is 0 Å². The first-order valence-electron chi connectivity index (χ1n) is 3.77. The summed E-state index contributed by atoms with van der Waals surface area (Å²) in [5.41, 5.74) is 0.0318. The minimum absolute atomic E-state index is 0.0318. The molecule has 1 rings (SSSR count). The van der Waals surface area contributed by atoms with Crippen LogP contribution in [0.3, 0.4) is 0 Å². The number of hydrogen-bond acceptors (Lipinski definition) is 4. The maximum atomic E-state index is 10.9. The fourth-order valence-corrected chi connectivity index (χ4v) is 1.42. The molecule has 1 aromatic rings. The van der Waals surface area contributed by atoms with Gasteiger partial charge >= 0.3 is 0 Å². The van der Waals surface area contributed by atoms with Gasteiger partial charge in [-0.2, -0.15) is 8.42 Å². The summed E-state index contributed by atoms with van der Waals surface area (Å²) in [6, 6.07) is 0. The van der Waals surface area contributed by atoms with E-state index in [0.717, 1.165) is 18.7 Å². The van der Waals surface area contributed by atoms with E-state index in [9.17, 15) is 13.6 Å². The normalized spacial score (nSPS) is 13.1. The van der Waals surface area contributed by atoms with E-state index >= 15 is 0 Å². The number of nitrogens with zero attached hydrogens (tertiary/aromatic N) is 1. The summed E-state index contributed by atoms with van der Waals surface area (Å²) in [6.45, 7) is 1.78. The van der Waals surface area contributed by atoms with Crippen LogP contribution in [0.25, 0.3) is 0 Å². The van der Waals surface area contributed by atoms with E-state index in [1.54, 1.807) is 6.92 Å². The lowest BCUT2D eigenvalue weighted by Gasteiger charge is -1.98. The van der Waals surface area contributed by atoms with Gasteiger partial charge in [0.15, 0.2) is 12.8 Å². The first-order valence-corrected chi connectivity index (χ1v) is 5.21. The van der Waals surface area contributed by atoms with E-state index in [-0.39, 0.29) is 12.1 Å². The predicted octanol–water partition coefficient (Wildman–Crippen LogP) is 0.475. The van der Waals surface area contributed by atoms with Crippen molar-refractivity contribution in [3.63, 3.8) is 0 Å². The van der Waals surface area contributed by atoms with Crippen molar-refractivity contribution in [3.05, 3.63) is 23.3 Å². The fourth-order valence-electron chi connectivity index (χ4n) is 0.845. The van der Waals surface area contributed by atoms with Crippen molar-refractivity contribution < 1.29 is 22.1 Å². The first kappa shape index (κ1) is 10.7. The van der Waals surface area contributed by atoms with Crippen LogP contribution in [0, 0.1) is 5.21 Å². The lowest BCUT2D eigenvalue weighted by molar-refractivity contribution is -0.447. The van der Waals surface area contributed by atoms with E-state index in [1.807, 2.05) is 0 Å². The molecule has 0 radical (unpaired) electrons. The minimum Gasteiger partial charge on any atom is -0.624 e. The molecule has 0 saturated heterocycles. The maximum Gasteiger partial charge on any atom is 0.298 e. The molecule has 0 aromatic carbocycles. The second-order valence-corrected chi connectivity index (χ2v) is 3.92. The van der Waals surface area contributed by atoms with Gasteiger partial charge in [0.1, 0.15) is 17.4 Å². The van der Waals surface area contributed by atoms with Crippen LogP contribution in [-0.4, -0.2) is 30.5 Å². The molecular formula is C7H9NO5S. The molecule has 0 unspecified atom stereocenters. The summed E-state index contributed by atoms with van der Waals surface area (Å²) >= 11 is 0. The van der Waals surface area contributed by atoms with Gasteiger partial charge in [0, 0.05) is 0 Å². The van der Waals surface area contributed by atoms with Gasteiger partial charge in [-0.25, -0.2) is 4.74 Å². The Morgan fingerprint density at radius 1 is 1.64 bits per heavy atom. The molecule has 0 aliphatic heterocycles. The quantitative estimate of drug-likeness (QED) is 0.262. The third-order valence-electron chi connectivity index (χ3n) is 1.53. The predicted molar refractivity (Wildman–Crippen MR) is 47.9 cm³/mol. The fraction of sp³-hybridized carbons (Fsp3) is 0.286. The number of hydroxylamine groups is 1. The Morgan fingerprint density at radius 2 is 2.29 bits per heavy atom. The highest BCUT2D eigenvalue weighted by Crippen LogP contribution is 2.14. The summed E-state index contributed by atoms with van der Waals surface area (Å²) in [6.07, 6.45) is 2.97. The van der Waals surface area contributed by atoms with Gasteiger partial charge in [0.25, 0.3) is 10.1 Å². The minimum atomic E-state index is -4.33. The van der Waals surface area contributed by atoms with Crippen molar-refractivity contribution in [2.24, 2.45) is 0 Å². The number of furan rings is 1. The van der Waals surface area contributed by atoms with Gasteiger partial charge in [-0.15, -0.1) is 0 Å². The van der Waals surface area contributed by atoms with Crippen LogP contribution in [0.2, 0.25) is 0 Å². The van der Waals surface area contributed by atoms with Crippen LogP contribution in [-0.2, 0) is 10.1 Å². The lowest BCUT2D eigenvalue weighted by atomic mass is 10.4. The zero-order valence-electron chi connectivity index (χ0n) is 7.37. The Balaban J connectivity index is 3.19. The van der Waals surface area contributed by atoms with Crippen LogP contribution in [0.15, 0.2) is 21.8 Å². The second kappa shape index (κ2) is 3.81. The molecule has 0 bridgehead atoms. The molecule has 0 fully saturated rings. The average molecular weight is 219 g/mol. The van der Waals surface area contributed by atoms with Crippen molar-refractivity contribution >= 4 is 16.3 Å². The molecular weight excluding hydrogens is 210 g/mol. The van der Waals surface area contributed by atoms with E-state index in [4.69, 9.17) is 4.55 Å². The van der Waals surface area contributed by atoms with E-state index in [2.05, 4.69) is 4.42 Å². The summed E-state index contributed by atoms with van der Waals surface area (Å²) in [5.74, 6) is 0. The van der Waals surface area contributed by atoms with E-state index in [1.165, 1.54) is 0 Å². The second-order valence-electron chi connectivity index (χ2n) is 2.53. The van der Waals surface area contributed by atoms with Crippen LogP contribution >= 0.6 is 0 Å². The Morgan fingerprint density at radius 3 is 2.79 bits per heavy atom. The molecule has 1 aromatic heterocycles. The Labute approximate surface area is 80.8 Å². The Hall–Kier alpha value is -1.34. The third-order valence-corrected chi connectivity index (χ3v) is 2.42. The molecule has 0 amide bonds. The maximum absolute atomic E-state index is 10.9. The van der Waals surface area contributed by atoms with Crippen molar-refractivity contribution in [1.29, 1.82) is 0 Å². The van der Waals surface area contributed by atoms with Gasteiger partial charge < -0.3 is 9.62 Å². The summed E-state index contributed by atoms with van der Waals surface area (Å²) in [7, 11) is -4.33. The molecule has 1 N–H and O–H groups in total. The average Bonchev–Trinajstić information content (AvgIpc) is 2.51. The molecule has 0 saturated carbocycles. The number of rotatable bonds is 3. The summed E-state index contributed by atoms with van der Waals surface area (Å²) in [4.78, 5) is -0.410. The molecule has 0 atom stereocenters. The first-order chi connectivity index (χ1) is 6.45. The van der Waals surface area contributed by atoms with E-state index in [0.29, 0.717) is 4.74 Å². The molecule has 6 nitrogen and oxygen atoms in total. The van der Waals surface area contributed by atoms with Gasteiger partial charge in [-0.1, -0.05) is 0 Å². The van der Waals surface area contributed by atoms with Crippen molar-refractivity contribution in [2.45, 2.75) is 11.8 Å². The highest BCUT2D eigenvalue weighted by Gasteiger charge is 2.18. The zero-order chi connectivity index (χ0) is 10.8. The highest BCUT2D eigenvalue weighted by atomic mass is 32.2. The third kappa shape index (κ3) is 2.33. The molecule has 1 heterocycles. The smallest absolute Gasteiger partial charge is 0.298 e. The van der Waals surface area contributed by atoms with Crippen LogP contribution in [0.4, 0.5) is 0 Å². The molecule has 0 aliphatic carbocycles. The van der Waals surface area contributed by atoms with Gasteiger partial charge in [-0.3, -0.25) is 4.55 Å². The molecule has 0 spiro atoms. The molecule has 0 aliphatic rings. The van der Waals surface area contributed by atoms with Crippen molar-refractivity contribution in [3.8, 4) is 0 Å². The zero-order valence-corrected chi connectivity index (χ0v) is 8.19. The van der Waals surface area contributed by atoms with Crippen LogP contribution in [0.1, 0.15) is 12.5 Å². The summed E-state index contributed by atoms with van der Waals surface area (Å²) in [5, 5.41) is 10.9.